The summed E-state index contributed by atoms with van der Waals surface area (Å²) < 4.78 is 2.08. The molecule has 0 aliphatic rings. The predicted octanol–water partition coefficient (Wildman–Crippen LogP) is 6.63. The van der Waals surface area contributed by atoms with Crippen LogP contribution in [0.3, 0.4) is 0 Å². The van der Waals surface area contributed by atoms with Gasteiger partial charge in [-0.25, -0.2) is 4.98 Å². The standard InChI is InChI=1S/C26H26N4.H2/c1-20(2)16-25-18-30(19-28-25)26-8-5-7-24(17-26)29-23-13-10-21(11-14-23)9-12-22-6-3-4-15-27-22;/h3-15,17-20,29H,16H2,1-2H3;1H/b12-9+;. The van der Waals surface area contributed by atoms with Gasteiger partial charge in [-0.1, -0.05) is 44.2 Å². The van der Waals surface area contributed by atoms with Crippen molar-refractivity contribution in [3.05, 3.63) is 102 Å². The number of aromatic nitrogens is 3. The number of benzene rings is 2. The zero-order valence-electron chi connectivity index (χ0n) is 17.4. The third-order valence-corrected chi connectivity index (χ3v) is 4.73. The maximum absolute atomic E-state index is 4.53. The van der Waals surface area contributed by atoms with Gasteiger partial charge in [0.05, 0.1) is 17.7 Å². The molecule has 2 aromatic heterocycles. The molecule has 0 saturated heterocycles. The number of nitrogens with zero attached hydrogens (tertiary/aromatic N) is 3. The molecular weight excluding hydrogens is 368 g/mol. The first-order chi connectivity index (χ1) is 14.7. The topological polar surface area (TPSA) is 42.7 Å². The van der Waals surface area contributed by atoms with E-state index >= 15 is 0 Å². The second-order valence-corrected chi connectivity index (χ2v) is 7.76. The number of hydrogen-bond donors (Lipinski definition) is 1. The number of anilines is 2. The SMILES string of the molecule is CC(C)Cc1cn(-c2cccc(Nc3ccc(/C=C/c4ccccn4)cc3)c2)cn1.[HH]. The number of rotatable bonds is 7. The van der Waals surface area contributed by atoms with Crippen LogP contribution in [-0.2, 0) is 6.42 Å². The monoisotopic (exact) mass is 396 g/mol. The first kappa shape index (κ1) is 19.6. The molecule has 0 radical (unpaired) electrons. The van der Waals surface area contributed by atoms with E-state index in [1.807, 2.05) is 30.6 Å². The Balaban J connectivity index is 0.00000272. The molecule has 0 aliphatic heterocycles. The normalized spacial score (nSPS) is 11.3. The van der Waals surface area contributed by atoms with Gasteiger partial charge < -0.3 is 9.88 Å². The van der Waals surface area contributed by atoms with Crippen molar-refractivity contribution < 1.29 is 1.43 Å². The average Bonchev–Trinajstić information content (AvgIpc) is 3.22. The van der Waals surface area contributed by atoms with Crippen molar-refractivity contribution in [2.24, 2.45) is 5.92 Å². The Bertz CT molecular complexity index is 1120. The van der Waals surface area contributed by atoms with Crippen molar-refractivity contribution in [2.45, 2.75) is 20.3 Å². The van der Waals surface area contributed by atoms with Gasteiger partial charge in [-0.05, 0) is 66.4 Å². The van der Waals surface area contributed by atoms with Crippen molar-refractivity contribution in [3.63, 3.8) is 0 Å². The fourth-order valence-electron chi connectivity index (χ4n) is 3.27. The molecule has 0 amide bonds. The van der Waals surface area contributed by atoms with E-state index in [1.54, 1.807) is 6.20 Å². The van der Waals surface area contributed by atoms with E-state index in [-0.39, 0.29) is 1.43 Å². The minimum Gasteiger partial charge on any atom is -0.355 e. The summed E-state index contributed by atoms with van der Waals surface area (Å²) in [6.45, 7) is 4.42. The number of nitrogens with one attached hydrogen (secondary N) is 1. The van der Waals surface area contributed by atoms with Gasteiger partial charge in [0.15, 0.2) is 0 Å². The van der Waals surface area contributed by atoms with Crippen molar-refractivity contribution in [1.82, 2.24) is 14.5 Å². The van der Waals surface area contributed by atoms with Crippen LogP contribution in [0.1, 0.15) is 32.2 Å². The molecule has 152 valence electrons. The molecule has 0 unspecified atom stereocenters. The van der Waals surface area contributed by atoms with Crippen molar-refractivity contribution in [3.8, 4) is 5.69 Å². The van der Waals surface area contributed by atoms with Gasteiger partial charge in [0.1, 0.15) is 0 Å². The van der Waals surface area contributed by atoms with Gasteiger partial charge in [-0.15, -0.1) is 0 Å². The minimum atomic E-state index is 0. The maximum Gasteiger partial charge on any atom is 0.0995 e. The Kier molecular flexibility index (Phi) is 6.04. The second kappa shape index (κ2) is 9.23. The van der Waals surface area contributed by atoms with Crippen LogP contribution in [0.4, 0.5) is 11.4 Å². The Labute approximate surface area is 179 Å². The van der Waals surface area contributed by atoms with E-state index in [1.165, 1.54) is 0 Å². The van der Waals surface area contributed by atoms with Gasteiger partial charge in [-0.3, -0.25) is 4.98 Å². The highest BCUT2D eigenvalue weighted by Gasteiger charge is 2.04. The second-order valence-electron chi connectivity index (χ2n) is 7.76. The first-order valence-corrected chi connectivity index (χ1v) is 10.3. The van der Waals surface area contributed by atoms with E-state index < -0.39 is 0 Å². The summed E-state index contributed by atoms with van der Waals surface area (Å²) in [6, 6.07) is 22.6. The van der Waals surface area contributed by atoms with Crippen LogP contribution in [-0.4, -0.2) is 14.5 Å². The van der Waals surface area contributed by atoms with Crippen LogP contribution in [0, 0.1) is 5.92 Å². The van der Waals surface area contributed by atoms with Crippen LogP contribution in [0.25, 0.3) is 17.8 Å². The largest absolute Gasteiger partial charge is 0.355 e. The Hall–Kier alpha value is -3.66. The molecule has 2 heterocycles. The summed E-state index contributed by atoms with van der Waals surface area (Å²) in [7, 11) is 0. The molecule has 0 saturated carbocycles. The maximum atomic E-state index is 4.53. The molecule has 30 heavy (non-hydrogen) atoms. The molecule has 0 atom stereocenters. The van der Waals surface area contributed by atoms with E-state index in [0.29, 0.717) is 5.92 Å². The van der Waals surface area contributed by atoms with Gasteiger partial charge in [0, 0.05) is 30.9 Å². The van der Waals surface area contributed by atoms with Crippen LogP contribution in [0.15, 0.2) is 85.5 Å². The Morgan fingerprint density at radius 3 is 2.57 bits per heavy atom. The summed E-state index contributed by atoms with van der Waals surface area (Å²) >= 11 is 0. The molecule has 4 heteroatoms. The zero-order chi connectivity index (χ0) is 20.8. The minimum absolute atomic E-state index is 0. The quantitative estimate of drug-likeness (QED) is 0.381. The van der Waals surface area contributed by atoms with E-state index in [0.717, 1.165) is 40.4 Å². The van der Waals surface area contributed by atoms with Crippen LogP contribution in [0.5, 0.6) is 0 Å². The lowest BCUT2D eigenvalue weighted by Crippen LogP contribution is -1.95. The van der Waals surface area contributed by atoms with E-state index in [2.05, 4.69) is 94.5 Å². The lowest BCUT2D eigenvalue weighted by atomic mass is 10.1. The lowest BCUT2D eigenvalue weighted by molar-refractivity contribution is 0.637. The zero-order valence-corrected chi connectivity index (χ0v) is 17.4. The van der Waals surface area contributed by atoms with Crippen LogP contribution >= 0.6 is 0 Å². The van der Waals surface area contributed by atoms with Crippen LogP contribution in [0.2, 0.25) is 0 Å². The summed E-state index contributed by atoms with van der Waals surface area (Å²) in [6.07, 6.45) is 10.9. The number of hydrogen-bond acceptors (Lipinski definition) is 3. The highest BCUT2D eigenvalue weighted by atomic mass is 15.0. The van der Waals surface area contributed by atoms with E-state index in [4.69, 9.17) is 0 Å². The molecule has 0 spiro atoms. The van der Waals surface area contributed by atoms with E-state index in [9.17, 15) is 0 Å². The fourth-order valence-corrected chi connectivity index (χ4v) is 3.27. The molecular formula is C26H28N4. The Morgan fingerprint density at radius 1 is 0.933 bits per heavy atom. The molecule has 4 aromatic rings. The smallest absolute Gasteiger partial charge is 0.0995 e. The fraction of sp³-hybridized carbons (Fsp3) is 0.154. The number of pyridine rings is 1. The van der Waals surface area contributed by atoms with Crippen molar-refractivity contribution >= 4 is 23.5 Å². The van der Waals surface area contributed by atoms with Gasteiger partial charge in [-0.2, -0.15) is 0 Å². The molecule has 0 fully saturated rings. The van der Waals surface area contributed by atoms with Gasteiger partial charge >= 0.3 is 0 Å². The summed E-state index contributed by atoms with van der Waals surface area (Å²) in [5.41, 5.74) is 6.40. The molecule has 2 aromatic carbocycles. The first-order valence-electron chi connectivity index (χ1n) is 10.3. The lowest BCUT2D eigenvalue weighted by Gasteiger charge is -2.09. The third-order valence-electron chi connectivity index (χ3n) is 4.73. The third kappa shape index (κ3) is 5.23. The molecule has 0 bridgehead atoms. The molecule has 1 N–H and O–H groups in total. The van der Waals surface area contributed by atoms with Crippen LogP contribution < -0.4 is 5.32 Å². The number of imidazole rings is 1. The molecule has 4 nitrogen and oxygen atoms in total. The molecule has 4 rings (SSSR count). The summed E-state index contributed by atoms with van der Waals surface area (Å²) in [4.78, 5) is 8.84. The average molecular weight is 397 g/mol. The van der Waals surface area contributed by atoms with Crippen molar-refractivity contribution in [2.75, 3.05) is 5.32 Å². The molecule has 0 aliphatic carbocycles. The van der Waals surface area contributed by atoms with Crippen molar-refractivity contribution in [1.29, 1.82) is 0 Å². The summed E-state index contributed by atoms with van der Waals surface area (Å²) in [5.74, 6) is 0.600. The van der Waals surface area contributed by atoms with Gasteiger partial charge in [0.2, 0.25) is 0 Å². The predicted molar refractivity (Wildman–Crippen MR) is 127 cm³/mol. The van der Waals surface area contributed by atoms with Gasteiger partial charge in [0.25, 0.3) is 0 Å². The highest BCUT2D eigenvalue weighted by Crippen LogP contribution is 2.21. The summed E-state index contributed by atoms with van der Waals surface area (Å²) in [5, 5.41) is 3.48. The highest BCUT2D eigenvalue weighted by molar-refractivity contribution is 5.70. The Morgan fingerprint density at radius 2 is 1.80 bits per heavy atom.